The van der Waals surface area contributed by atoms with Crippen LogP contribution in [0, 0.1) is 0 Å². The quantitative estimate of drug-likeness (QED) is 0.830. The van der Waals surface area contributed by atoms with Crippen LogP contribution in [0.15, 0.2) is 34.9 Å². The first-order valence-corrected chi connectivity index (χ1v) is 9.31. The molecule has 7 nitrogen and oxygen atoms in total. The maximum Gasteiger partial charge on any atom is 0.328 e. The molecule has 1 atom stereocenters. The molecule has 0 saturated heterocycles. The van der Waals surface area contributed by atoms with Crippen LogP contribution in [0.1, 0.15) is 37.1 Å². The van der Waals surface area contributed by atoms with E-state index in [2.05, 4.69) is 15.5 Å². The van der Waals surface area contributed by atoms with Crippen molar-refractivity contribution in [1.82, 2.24) is 10.1 Å². The Labute approximate surface area is 135 Å². The summed E-state index contributed by atoms with van der Waals surface area (Å²) >= 11 is 0. The van der Waals surface area contributed by atoms with Gasteiger partial charge in [-0.25, -0.2) is 8.42 Å². The molecule has 0 saturated carbocycles. The Bertz CT molecular complexity index is 756. The number of anilines is 1. The van der Waals surface area contributed by atoms with Gasteiger partial charge in [-0.2, -0.15) is 4.98 Å². The van der Waals surface area contributed by atoms with E-state index in [0.717, 1.165) is 18.2 Å². The molecule has 0 aliphatic rings. The summed E-state index contributed by atoms with van der Waals surface area (Å²) in [6.07, 6.45) is 2.60. The van der Waals surface area contributed by atoms with E-state index in [-0.39, 0.29) is 29.4 Å². The predicted molar refractivity (Wildman–Crippen MR) is 85.6 cm³/mol. The summed E-state index contributed by atoms with van der Waals surface area (Å²) in [5, 5.41) is 6.11. The van der Waals surface area contributed by atoms with Gasteiger partial charge in [0, 0.05) is 6.26 Å². The third-order valence-corrected chi connectivity index (χ3v) is 3.97. The Kier molecular flexibility index (Phi) is 5.49. The molecule has 0 bridgehead atoms. The topological polar surface area (TPSA) is 102 Å². The molecular formula is C15H19N3O4S. The number of hydrogen-bond acceptors (Lipinski definition) is 6. The number of nitrogens with zero attached hydrogens (tertiary/aromatic N) is 2. The number of benzene rings is 1. The van der Waals surface area contributed by atoms with Crippen molar-refractivity contribution in [2.24, 2.45) is 0 Å². The average Bonchev–Trinajstić information content (AvgIpc) is 2.90. The second-order valence-corrected chi connectivity index (χ2v) is 7.47. The summed E-state index contributed by atoms with van der Waals surface area (Å²) in [5.74, 6) is -0.891. The van der Waals surface area contributed by atoms with Gasteiger partial charge in [0.05, 0.1) is 5.92 Å². The molecule has 0 aliphatic heterocycles. The zero-order valence-corrected chi connectivity index (χ0v) is 13.8. The van der Waals surface area contributed by atoms with Crippen LogP contribution in [0.3, 0.4) is 0 Å². The van der Waals surface area contributed by atoms with E-state index < -0.39 is 9.84 Å². The van der Waals surface area contributed by atoms with Gasteiger partial charge in [0.25, 0.3) is 0 Å². The molecule has 23 heavy (non-hydrogen) atoms. The zero-order chi connectivity index (χ0) is 16.9. The first-order valence-electron chi connectivity index (χ1n) is 7.25. The summed E-state index contributed by atoms with van der Waals surface area (Å²) in [6, 6.07) is 9.33. The predicted octanol–water partition coefficient (Wildman–Crippen LogP) is 2.14. The van der Waals surface area contributed by atoms with Crippen LogP contribution in [0.2, 0.25) is 0 Å². The molecule has 1 N–H and O–H groups in total. The molecule has 2 aromatic rings. The lowest BCUT2D eigenvalue weighted by Crippen LogP contribution is -2.21. The van der Waals surface area contributed by atoms with Gasteiger partial charge >= 0.3 is 6.01 Å². The number of carbonyl (C=O) groups excluding carboxylic acids is 1. The number of rotatable bonds is 7. The first-order chi connectivity index (χ1) is 10.9. The van der Waals surface area contributed by atoms with Gasteiger partial charge in [0.15, 0.2) is 15.7 Å². The summed E-state index contributed by atoms with van der Waals surface area (Å²) in [5.41, 5.74) is 0.905. The van der Waals surface area contributed by atoms with Crippen molar-refractivity contribution >= 4 is 21.8 Å². The second-order valence-electron chi connectivity index (χ2n) is 5.33. The summed E-state index contributed by atoms with van der Waals surface area (Å²) < 4.78 is 27.3. The van der Waals surface area contributed by atoms with E-state index in [1.165, 1.54) is 0 Å². The fourth-order valence-electron chi connectivity index (χ4n) is 2.21. The number of nitrogens with one attached hydrogen (secondary N) is 1. The van der Waals surface area contributed by atoms with Crippen molar-refractivity contribution in [3.05, 3.63) is 41.7 Å². The Morgan fingerprint density at radius 3 is 2.61 bits per heavy atom. The van der Waals surface area contributed by atoms with Gasteiger partial charge in [-0.3, -0.25) is 10.1 Å². The standard InChI is InChI=1S/C15H19N3O4S/c1-3-7-12(11-8-5-4-6-9-11)14(19)17-15-16-13(18-22-15)10-23(2,20)21/h4-6,8-9,12H,3,7,10H2,1-2H3,(H,16,17,18,19). The maximum atomic E-state index is 12.4. The molecule has 1 aromatic carbocycles. The van der Waals surface area contributed by atoms with Crippen LogP contribution in [-0.2, 0) is 20.4 Å². The second kappa shape index (κ2) is 7.36. The largest absolute Gasteiger partial charge is 0.328 e. The average molecular weight is 337 g/mol. The number of aromatic nitrogens is 2. The van der Waals surface area contributed by atoms with E-state index in [9.17, 15) is 13.2 Å². The van der Waals surface area contributed by atoms with Crippen molar-refractivity contribution < 1.29 is 17.7 Å². The third kappa shape index (κ3) is 5.17. The van der Waals surface area contributed by atoms with Crippen LogP contribution in [0.4, 0.5) is 6.01 Å². The molecule has 0 aliphatic carbocycles. The Hall–Kier alpha value is -2.22. The van der Waals surface area contributed by atoms with Crippen molar-refractivity contribution in [2.75, 3.05) is 11.6 Å². The van der Waals surface area contributed by atoms with Crippen LogP contribution in [0.5, 0.6) is 0 Å². The van der Waals surface area contributed by atoms with E-state index in [4.69, 9.17) is 4.52 Å². The minimum atomic E-state index is -3.26. The lowest BCUT2D eigenvalue weighted by molar-refractivity contribution is -0.117. The number of hydrogen-bond donors (Lipinski definition) is 1. The van der Waals surface area contributed by atoms with Gasteiger partial charge < -0.3 is 4.52 Å². The molecule has 1 aromatic heterocycles. The number of sulfone groups is 1. The van der Waals surface area contributed by atoms with Crippen molar-refractivity contribution in [2.45, 2.75) is 31.4 Å². The monoisotopic (exact) mass is 337 g/mol. The van der Waals surface area contributed by atoms with Gasteiger partial charge in [0.2, 0.25) is 5.91 Å². The minimum absolute atomic E-state index is 0.0227. The van der Waals surface area contributed by atoms with E-state index in [1.807, 2.05) is 37.3 Å². The van der Waals surface area contributed by atoms with Crippen LogP contribution in [0.25, 0.3) is 0 Å². The molecule has 0 spiro atoms. The molecule has 1 heterocycles. The fourth-order valence-corrected chi connectivity index (χ4v) is 2.80. The van der Waals surface area contributed by atoms with Crippen molar-refractivity contribution in [3.8, 4) is 0 Å². The smallest absolute Gasteiger partial charge is 0.315 e. The lowest BCUT2D eigenvalue weighted by Gasteiger charge is -2.14. The van der Waals surface area contributed by atoms with Gasteiger partial charge in [-0.05, 0) is 12.0 Å². The zero-order valence-electron chi connectivity index (χ0n) is 13.0. The van der Waals surface area contributed by atoms with Gasteiger partial charge in [-0.1, -0.05) is 48.8 Å². The normalized spacial score (nSPS) is 12.8. The van der Waals surface area contributed by atoms with Crippen LogP contribution < -0.4 is 5.32 Å². The Morgan fingerprint density at radius 1 is 1.30 bits per heavy atom. The van der Waals surface area contributed by atoms with E-state index >= 15 is 0 Å². The highest BCUT2D eigenvalue weighted by atomic mass is 32.2. The van der Waals surface area contributed by atoms with Gasteiger partial charge in [0.1, 0.15) is 5.75 Å². The highest BCUT2D eigenvalue weighted by molar-refractivity contribution is 7.89. The molecule has 124 valence electrons. The first kappa shape index (κ1) is 17.1. The number of amides is 1. The molecular weight excluding hydrogens is 318 g/mol. The summed E-state index contributed by atoms with van der Waals surface area (Å²) in [7, 11) is -3.26. The fraction of sp³-hybridized carbons (Fsp3) is 0.400. The molecule has 1 amide bonds. The molecule has 8 heteroatoms. The summed E-state index contributed by atoms with van der Waals surface area (Å²) in [6.45, 7) is 2.00. The highest BCUT2D eigenvalue weighted by Crippen LogP contribution is 2.23. The third-order valence-electron chi connectivity index (χ3n) is 3.19. The summed E-state index contributed by atoms with van der Waals surface area (Å²) in [4.78, 5) is 16.3. The van der Waals surface area contributed by atoms with Crippen LogP contribution in [-0.4, -0.2) is 30.7 Å². The molecule has 0 fully saturated rings. The SMILES string of the molecule is CCCC(C(=O)Nc1nc(CS(C)(=O)=O)no1)c1ccccc1. The van der Waals surface area contributed by atoms with Crippen molar-refractivity contribution in [3.63, 3.8) is 0 Å². The maximum absolute atomic E-state index is 12.4. The van der Waals surface area contributed by atoms with E-state index in [0.29, 0.717) is 6.42 Å². The van der Waals surface area contributed by atoms with Crippen molar-refractivity contribution in [1.29, 1.82) is 0 Å². The minimum Gasteiger partial charge on any atom is -0.315 e. The molecule has 1 unspecified atom stereocenters. The van der Waals surface area contributed by atoms with Crippen LogP contribution >= 0.6 is 0 Å². The van der Waals surface area contributed by atoms with Gasteiger partial charge in [-0.15, -0.1) is 0 Å². The Balaban J connectivity index is 2.10. The molecule has 0 radical (unpaired) electrons. The highest BCUT2D eigenvalue weighted by Gasteiger charge is 2.22. The Morgan fingerprint density at radius 2 is 2.00 bits per heavy atom. The number of carbonyl (C=O) groups is 1. The molecule has 2 rings (SSSR count). The van der Waals surface area contributed by atoms with E-state index in [1.54, 1.807) is 0 Å². The lowest BCUT2D eigenvalue weighted by atomic mass is 9.94.